The van der Waals surface area contributed by atoms with Gasteiger partial charge in [0.2, 0.25) is 5.91 Å². The number of nitrogens with zero attached hydrogens (tertiary/aromatic N) is 4. The third kappa shape index (κ3) is 3.64. The molecule has 1 N–H and O–H groups in total. The number of fused-ring (bicyclic) bond motifs is 1. The van der Waals surface area contributed by atoms with Gasteiger partial charge < -0.3 is 5.32 Å². The lowest BCUT2D eigenvalue weighted by molar-refractivity contribution is -0.122. The molecule has 1 aromatic carbocycles. The average molecular weight is 418 g/mol. The van der Waals surface area contributed by atoms with Crippen LogP contribution in [0.15, 0.2) is 23.0 Å². The highest BCUT2D eigenvalue weighted by Gasteiger charge is 2.29. The van der Waals surface area contributed by atoms with Gasteiger partial charge in [0, 0.05) is 5.02 Å². The van der Waals surface area contributed by atoms with Crippen molar-refractivity contribution >= 4 is 28.4 Å². The maximum atomic E-state index is 13.2. The van der Waals surface area contributed by atoms with E-state index in [1.807, 2.05) is 13.8 Å². The molecule has 1 aliphatic rings. The molecule has 4 rings (SSSR count). The Morgan fingerprint density at radius 2 is 2.00 bits per heavy atom. The standard InChI is InChI=1S/C20H21ClFN5O2/c1-10(15-7-4-13(22)8-16(15)21)23-17(28)9-26-20(29)19-18(11(2)24-26)12(3)25-27(19)14-5-6-14/h4,7-8,10,14H,5-6,9H2,1-3H3,(H,23,28). The fraction of sp³-hybridized carbons (Fsp3) is 0.400. The minimum absolute atomic E-state index is 0.229. The van der Waals surface area contributed by atoms with Crippen LogP contribution in [0.25, 0.3) is 10.9 Å². The monoisotopic (exact) mass is 417 g/mol. The molecule has 2 aromatic heterocycles. The van der Waals surface area contributed by atoms with Crippen LogP contribution in [-0.4, -0.2) is 25.5 Å². The first-order valence-electron chi connectivity index (χ1n) is 9.47. The summed E-state index contributed by atoms with van der Waals surface area (Å²) in [5.41, 5.74) is 2.19. The Hall–Kier alpha value is -2.74. The number of hydrogen-bond donors (Lipinski definition) is 1. The molecule has 1 saturated carbocycles. The van der Waals surface area contributed by atoms with Crippen LogP contribution in [-0.2, 0) is 11.3 Å². The summed E-state index contributed by atoms with van der Waals surface area (Å²) >= 11 is 6.07. The van der Waals surface area contributed by atoms with Gasteiger partial charge in [-0.3, -0.25) is 14.3 Å². The first-order valence-corrected chi connectivity index (χ1v) is 9.85. The maximum absolute atomic E-state index is 13.2. The highest BCUT2D eigenvalue weighted by atomic mass is 35.5. The van der Waals surface area contributed by atoms with Gasteiger partial charge in [-0.1, -0.05) is 17.7 Å². The van der Waals surface area contributed by atoms with Gasteiger partial charge >= 0.3 is 0 Å². The summed E-state index contributed by atoms with van der Waals surface area (Å²) < 4.78 is 16.2. The fourth-order valence-corrected chi connectivity index (χ4v) is 3.96. The molecule has 0 bridgehead atoms. The van der Waals surface area contributed by atoms with Crippen LogP contribution < -0.4 is 10.9 Å². The van der Waals surface area contributed by atoms with Crippen molar-refractivity contribution in [3.05, 3.63) is 56.3 Å². The second-order valence-corrected chi connectivity index (χ2v) is 7.90. The second-order valence-electron chi connectivity index (χ2n) is 7.49. The van der Waals surface area contributed by atoms with Crippen LogP contribution in [0.2, 0.25) is 5.02 Å². The predicted octanol–water partition coefficient (Wildman–Crippen LogP) is 3.21. The van der Waals surface area contributed by atoms with Crippen molar-refractivity contribution in [3.8, 4) is 0 Å². The van der Waals surface area contributed by atoms with Crippen LogP contribution >= 0.6 is 11.6 Å². The first kappa shape index (κ1) is 19.6. The van der Waals surface area contributed by atoms with E-state index in [1.54, 1.807) is 11.6 Å². The number of halogens is 2. The summed E-state index contributed by atoms with van der Waals surface area (Å²) in [6.45, 7) is 5.18. The summed E-state index contributed by atoms with van der Waals surface area (Å²) in [5, 5.41) is 12.6. The molecular formula is C20H21ClFN5O2. The summed E-state index contributed by atoms with van der Waals surface area (Å²) in [6, 6.07) is 3.80. The molecular weight excluding hydrogens is 397 g/mol. The average Bonchev–Trinajstić information content (AvgIpc) is 3.41. The number of carbonyl (C=O) groups is 1. The molecule has 1 aliphatic carbocycles. The third-order valence-corrected chi connectivity index (χ3v) is 5.47. The number of hydrogen-bond acceptors (Lipinski definition) is 4. The summed E-state index contributed by atoms with van der Waals surface area (Å²) in [7, 11) is 0. The van der Waals surface area contributed by atoms with Crippen LogP contribution in [0.3, 0.4) is 0 Å². The number of nitrogens with one attached hydrogen (secondary N) is 1. The van der Waals surface area contributed by atoms with Crippen molar-refractivity contribution in [2.24, 2.45) is 0 Å². The number of aryl methyl sites for hydroxylation is 2. The van der Waals surface area contributed by atoms with E-state index in [1.165, 1.54) is 22.9 Å². The Balaban J connectivity index is 1.60. The molecule has 9 heteroatoms. The lowest BCUT2D eigenvalue weighted by Crippen LogP contribution is -2.35. The molecule has 0 aliphatic heterocycles. The third-order valence-electron chi connectivity index (χ3n) is 5.15. The summed E-state index contributed by atoms with van der Waals surface area (Å²) in [5.74, 6) is -0.833. The molecule has 1 amide bonds. The van der Waals surface area contributed by atoms with Crippen LogP contribution in [0, 0.1) is 19.7 Å². The largest absolute Gasteiger partial charge is 0.348 e. The van der Waals surface area contributed by atoms with Crippen LogP contribution in [0.5, 0.6) is 0 Å². The second kappa shape index (κ2) is 7.26. The molecule has 0 spiro atoms. The smallest absolute Gasteiger partial charge is 0.293 e. The summed E-state index contributed by atoms with van der Waals surface area (Å²) in [4.78, 5) is 25.6. The quantitative estimate of drug-likeness (QED) is 0.691. The Bertz CT molecular complexity index is 1180. The Labute approximate surface area is 171 Å². The minimum atomic E-state index is -0.449. The lowest BCUT2D eigenvalue weighted by Gasteiger charge is -2.16. The normalized spacial score (nSPS) is 14.9. The molecule has 0 radical (unpaired) electrons. The lowest BCUT2D eigenvalue weighted by atomic mass is 10.1. The molecule has 1 atom stereocenters. The van der Waals surface area contributed by atoms with Crippen molar-refractivity contribution < 1.29 is 9.18 Å². The highest BCUT2D eigenvalue weighted by molar-refractivity contribution is 6.31. The molecule has 1 unspecified atom stereocenters. The van der Waals surface area contributed by atoms with E-state index in [4.69, 9.17) is 11.6 Å². The van der Waals surface area contributed by atoms with E-state index in [0.29, 0.717) is 16.8 Å². The van der Waals surface area contributed by atoms with Gasteiger partial charge in [0.05, 0.1) is 28.9 Å². The van der Waals surface area contributed by atoms with E-state index >= 15 is 0 Å². The number of rotatable bonds is 5. The predicted molar refractivity (Wildman–Crippen MR) is 108 cm³/mol. The van der Waals surface area contributed by atoms with Gasteiger partial charge in [-0.05, 0) is 51.3 Å². The topological polar surface area (TPSA) is 81.8 Å². The van der Waals surface area contributed by atoms with Crippen LogP contribution in [0.4, 0.5) is 4.39 Å². The van der Waals surface area contributed by atoms with Gasteiger partial charge in [0.1, 0.15) is 17.9 Å². The van der Waals surface area contributed by atoms with Crippen molar-refractivity contribution in [1.29, 1.82) is 0 Å². The fourth-order valence-electron chi connectivity index (χ4n) is 3.63. The summed E-state index contributed by atoms with van der Waals surface area (Å²) in [6.07, 6.45) is 1.99. The Kier molecular flexibility index (Phi) is 4.90. The SMILES string of the molecule is Cc1nn(CC(=O)NC(C)c2ccc(F)cc2Cl)c(=O)c2c1c(C)nn2C1CC1. The van der Waals surface area contributed by atoms with E-state index in [9.17, 15) is 14.0 Å². The molecule has 0 saturated heterocycles. The van der Waals surface area contributed by atoms with Gasteiger partial charge in [0.25, 0.3) is 5.56 Å². The maximum Gasteiger partial charge on any atom is 0.293 e. The molecule has 3 aromatic rings. The number of aromatic nitrogens is 4. The molecule has 29 heavy (non-hydrogen) atoms. The molecule has 1 fully saturated rings. The van der Waals surface area contributed by atoms with Crippen molar-refractivity contribution in [2.75, 3.05) is 0 Å². The van der Waals surface area contributed by atoms with Crippen molar-refractivity contribution in [3.63, 3.8) is 0 Å². The molecule has 152 valence electrons. The zero-order chi connectivity index (χ0) is 20.9. The van der Waals surface area contributed by atoms with E-state index in [2.05, 4.69) is 15.5 Å². The van der Waals surface area contributed by atoms with Gasteiger partial charge in [0.15, 0.2) is 0 Å². The first-order chi connectivity index (χ1) is 13.8. The zero-order valence-electron chi connectivity index (χ0n) is 16.4. The number of carbonyl (C=O) groups excluding carboxylic acids is 1. The number of amides is 1. The van der Waals surface area contributed by atoms with E-state index in [0.717, 1.165) is 23.9 Å². The number of benzene rings is 1. The molecule has 2 heterocycles. The minimum Gasteiger partial charge on any atom is -0.348 e. The van der Waals surface area contributed by atoms with Crippen LogP contribution in [0.1, 0.15) is 48.8 Å². The van der Waals surface area contributed by atoms with Crippen molar-refractivity contribution in [2.45, 2.75) is 52.2 Å². The van der Waals surface area contributed by atoms with Gasteiger partial charge in [-0.25, -0.2) is 9.07 Å². The Morgan fingerprint density at radius 1 is 1.31 bits per heavy atom. The Morgan fingerprint density at radius 3 is 2.66 bits per heavy atom. The van der Waals surface area contributed by atoms with E-state index in [-0.39, 0.29) is 29.1 Å². The van der Waals surface area contributed by atoms with E-state index < -0.39 is 11.9 Å². The highest BCUT2D eigenvalue weighted by Crippen LogP contribution is 2.36. The van der Waals surface area contributed by atoms with Crippen molar-refractivity contribution in [1.82, 2.24) is 24.9 Å². The zero-order valence-corrected chi connectivity index (χ0v) is 17.1. The van der Waals surface area contributed by atoms with Gasteiger partial charge in [-0.2, -0.15) is 10.2 Å². The molecule has 7 nitrogen and oxygen atoms in total. The van der Waals surface area contributed by atoms with Gasteiger partial charge in [-0.15, -0.1) is 0 Å².